The normalized spacial score (nSPS) is 14.4. The lowest BCUT2D eigenvalue weighted by molar-refractivity contribution is -0.739. The third kappa shape index (κ3) is 5.35. The number of benzene rings is 2. The number of nitro groups is 1. The Hall–Kier alpha value is -3.06. The summed E-state index contributed by atoms with van der Waals surface area (Å²) in [4.78, 5) is 10.4. The van der Waals surface area contributed by atoms with Crippen LogP contribution >= 0.6 is 0 Å². The number of hydrogen-bond donors (Lipinski definition) is 1. The highest BCUT2D eigenvalue weighted by atomic mass is 16.6. The summed E-state index contributed by atoms with van der Waals surface area (Å²) in [6.45, 7) is 10.9. The van der Waals surface area contributed by atoms with Crippen molar-refractivity contribution in [3.63, 3.8) is 0 Å². The Kier molecular flexibility index (Phi) is 7.17. The van der Waals surface area contributed by atoms with Crippen LogP contribution in [0.3, 0.4) is 0 Å². The van der Waals surface area contributed by atoms with Crippen molar-refractivity contribution in [1.82, 2.24) is 10.2 Å². The largest absolute Gasteiger partial charge is 0.415 e. The summed E-state index contributed by atoms with van der Waals surface area (Å²) < 4.78 is 5.89. The second-order valence-electron chi connectivity index (χ2n) is 8.48. The molecule has 0 aliphatic carbocycles. The Morgan fingerprint density at radius 1 is 0.968 bits per heavy atom. The fourth-order valence-corrected chi connectivity index (χ4v) is 3.65. The quantitative estimate of drug-likeness (QED) is 0.378. The van der Waals surface area contributed by atoms with Crippen LogP contribution in [0.25, 0.3) is 11.5 Å². The Morgan fingerprint density at radius 3 is 2.13 bits per heavy atom. The summed E-state index contributed by atoms with van der Waals surface area (Å²) in [5.74, 6) is 1.89. The van der Waals surface area contributed by atoms with Crippen LogP contribution in [0, 0.1) is 16.0 Å². The molecular weight excluding hydrogens is 392 g/mol. The summed E-state index contributed by atoms with van der Waals surface area (Å²) in [7, 11) is 0. The maximum Gasteiger partial charge on any atom is 0.274 e. The predicted octanol–water partition coefficient (Wildman–Crippen LogP) is 5.18. The molecular formula is C24H31N4O3+. The smallest absolute Gasteiger partial charge is 0.274 e. The van der Waals surface area contributed by atoms with Crippen molar-refractivity contribution >= 4 is 5.69 Å². The van der Waals surface area contributed by atoms with Crippen molar-refractivity contribution in [2.75, 3.05) is 0 Å². The lowest BCUT2D eigenvalue weighted by Crippen LogP contribution is -2.86. The van der Waals surface area contributed by atoms with Gasteiger partial charge in [0, 0.05) is 29.2 Å². The highest BCUT2D eigenvalue weighted by Crippen LogP contribution is 2.25. The number of nitrogens with two attached hydrogens (primary N) is 1. The van der Waals surface area contributed by atoms with Crippen molar-refractivity contribution in [3.8, 4) is 11.5 Å². The Balaban J connectivity index is 1.74. The molecule has 7 heteroatoms. The maximum atomic E-state index is 10.8. The van der Waals surface area contributed by atoms with E-state index in [4.69, 9.17) is 4.42 Å². The first kappa shape index (κ1) is 22.6. The van der Waals surface area contributed by atoms with Crippen LogP contribution in [-0.2, 0) is 0 Å². The number of rotatable bonds is 9. The van der Waals surface area contributed by atoms with E-state index in [0.717, 1.165) is 6.42 Å². The molecule has 31 heavy (non-hydrogen) atoms. The van der Waals surface area contributed by atoms with Crippen molar-refractivity contribution < 1.29 is 14.7 Å². The highest BCUT2D eigenvalue weighted by Gasteiger charge is 2.26. The van der Waals surface area contributed by atoms with Gasteiger partial charge in [-0.2, -0.15) is 0 Å². The van der Waals surface area contributed by atoms with Crippen LogP contribution in [0.1, 0.15) is 76.1 Å². The van der Waals surface area contributed by atoms with Crippen LogP contribution in [0.4, 0.5) is 5.69 Å². The molecule has 0 aliphatic rings. The fraction of sp³-hybridized carbons (Fsp3) is 0.417. The van der Waals surface area contributed by atoms with Gasteiger partial charge in [-0.3, -0.25) is 10.1 Å². The molecule has 2 aromatic carbocycles. The van der Waals surface area contributed by atoms with Gasteiger partial charge in [0.15, 0.2) is 6.04 Å². The summed E-state index contributed by atoms with van der Waals surface area (Å²) in [6, 6.07) is 15.3. The predicted molar refractivity (Wildman–Crippen MR) is 119 cm³/mol. The van der Waals surface area contributed by atoms with Gasteiger partial charge in [-0.25, -0.2) is 0 Å². The van der Waals surface area contributed by atoms with Gasteiger partial charge >= 0.3 is 0 Å². The molecule has 0 aliphatic heterocycles. The number of quaternary nitrogens is 1. The van der Waals surface area contributed by atoms with Gasteiger partial charge in [0.05, 0.1) is 4.92 Å². The van der Waals surface area contributed by atoms with Crippen LogP contribution < -0.4 is 5.32 Å². The first-order valence-corrected chi connectivity index (χ1v) is 10.8. The zero-order valence-corrected chi connectivity index (χ0v) is 18.8. The number of non-ortho nitro benzene ring substituents is 1. The Bertz CT molecular complexity index is 996. The second kappa shape index (κ2) is 9.83. The number of hydrogen-bond acceptors (Lipinski definition) is 5. The van der Waals surface area contributed by atoms with E-state index < -0.39 is 4.92 Å². The van der Waals surface area contributed by atoms with Crippen molar-refractivity contribution in [2.45, 2.75) is 59.0 Å². The molecule has 3 rings (SSSR count). The monoisotopic (exact) mass is 423 g/mol. The molecule has 7 nitrogen and oxygen atoms in total. The van der Waals surface area contributed by atoms with Crippen molar-refractivity contribution in [1.29, 1.82) is 0 Å². The minimum absolute atomic E-state index is 0.0269. The zero-order valence-electron chi connectivity index (χ0n) is 18.8. The molecule has 3 aromatic rings. The SMILES string of the molecule is CC[C@H](C)c1ccc([C@H]([NH2+][C@@H](C)c2nnc(-c3ccc([N+](=O)[O-])cc3)o2)C(C)C)cc1. The molecule has 1 heterocycles. The van der Waals surface area contributed by atoms with Crippen LogP contribution in [0.5, 0.6) is 0 Å². The fourth-order valence-electron chi connectivity index (χ4n) is 3.65. The average molecular weight is 424 g/mol. The molecule has 0 radical (unpaired) electrons. The van der Waals surface area contributed by atoms with E-state index in [1.54, 1.807) is 12.1 Å². The first-order chi connectivity index (χ1) is 14.8. The molecule has 0 amide bonds. The summed E-state index contributed by atoms with van der Waals surface area (Å²) in [5, 5.41) is 21.5. The Morgan fingerprint density at radius 2 is 1.58 bits per heavy atom. The zero-order chi connectivity index (χ0) is 22.5. The van der Waals surface area contributed by atoms with Crippen molar-refractivity contribution in [2.24, 2.45) is 5.92 Å². The van der Waals surface area contributed by atoms with Gasteiger partial charge in [-0.1, -0.05) is 52.0 Å². The first-order valence-electron chi connectivity index (χ1n) is 10.8. The second-order valence-corrected chi connectivity index (χ2v) is 8.48. The van der Waals surface area contributed by atoms with Crippen LogP contribution in [0.2, 0.25) is 0 Å². The van der Waals surface area contributed by atoms with E-state index in [-0.39, 0.29) is 17.8 Å². The molecule has 0 saturated carbocycles. The van der Waals surface area contributed by atoms with Crippen molar-refractivity contribution in [3.05, 3.63) is 75.7 Å². The lowest BCUT2D eigenvalue weighted by Gasteiger charge is -2.22. The van der Waals surface area contributed by atoms with E-state index in [0.29, 0.717) is 29.2 Å². The molecule has 0 bridgehead atoms. The standard InChI is InChI=1S/C24H30N4O3/c1-6-16(4)18-7-9-19(10-8-18)22(15(2)3)25-17(5)23-26-27-24(31-23)20-11-13-21(14-12-20)28(29)30/h7-17,22,25H,6H2,1-5H3/p+1/t16-,17-,22+/m0/s1. The van der Waals surface area contributed by atoms with Gasteiger partial charge in [-0.15, -0.1) is 10.2 Å². The highest BCUT2D eigenvalue weighted by molar-refractivity contribution is 5.55. The van der Waals surface area contributed by atoms with E-state index in [2.05, 4.69) is 74.4 Å². The number of nitrogens with zero attached hydrogens (tertiary/aromatic N) is 3. The number of aromatic nitrogens is 2. The van der Waals surface area contributed by atoms with Gasteiger partial charge in [-0.05, 0) is 37.0 Å². The van der Waals surface area contributed by atoms with E-state index >= 15 is 0 Å². The van der Waals surface area contributed by atoms with Gasteiger partial charge in [0.1, 0.15) is 6.04 Å². The van der Waals surface area contributed by atoms with Gasteiger partial charge in [0.2, 0.25) is 5.89 Å². The summed E-state index contributed by atoms with van der Waals surface area (Å²) in [5.41, 5.74) is 3.34. The minimum Gasteiger partial charge on any atom is -0.415 e. The molecule has 3 atom stereocenters. The maximum absolute atomic E-state index is 10.8. The summed E-state index contributed by atoms with van der Waals surface area (Å²) in [6.07, 6.45) is 1.13. The van der Waals surface area contributed by atoms with Gasteiger partial charge < -0.3 is 9.73 Å². The van der Waals surface area contributed by atoms with E-state index in [9.17, 15) is 10.1 Å². The molecule has 0 unspecified atom stereocenters. The van der Waals surface area contributed by atoms with E-state index in [1.165, 1.54) is 23.3 Å². The number of nitro benzene ring substituents is 1. The molecule has 0 saturated heterocycles. The topological polar surface area (TPSA) is 98.7 Å². The average Bonchev–Trinajstić information content (AvgIpc) is 3.27. The molecule has 0 spiro atoms. The molecule has 164 valence electrons. The van der Waals surface area contributed by atoms with E-state index in [1.807, 2.05) is 0 Å². The third-order valence-electron chi connectivity index (χ3n) is 5.87. The third-order valence-corrected chi connectivity index (χ3v) is 5.87. The Labute approximate surface area is 183 Å². The minimum atomic E-state index is -0.429. The molecule has 1 aromatic heterocycles. The molecule has 0 fully saturated rings. The molecule has 2 N–H and O–H groups in total. The van der Waals surface area contributed by atoms with Crippen LogP contribution in [0.15, 0.2) is 52.9 Å². The summed E-state index contributed by atoms with van der Waals surface area (Å²) >= 11 is 0. The lowest BCUT2D eigenvalue weighted by atomic mass is 9.92. The van der Waals surface area contributed by atoms with Gasteiger partial charge in [0.25, 0.3) is 11.6 Å². The van der Waals surface area contributed by atoms with Crippen LogP contribution in [-0.4, -0.2) is 15.1 Å².